The van der Waals surface area contributed by atoms with Gasteiger partial charge in [-0.15, -0.1) is 0 Å². The van der Waals surface area contributed by atoms with Crippen LogP contribution >= 0.6 is 0 Å². The summed E-state index contributed by atoms with van der Waals surface area (Å²) >= 11 is 0. The van der Waals surface area contributed by atoms with Crippen LogP contribution in [0.4, 0.5) is 5.69 Å². The molecule has 1 aliphatic heterocycles. The van der Waals surface area contributed by atoms with Gasteiger partial charge in [-0.2, -0.15) is 0 Å². The van der Waals surface area contributed by atoms with E-state index in [0.29, 0.717) is 11.1 Å². The second kappa shape index (κ2) is 10.3. The molecule has 0 bridgehead atoms. The molecular weight excluding hydrogens is 406 g/mol. The maximum Gasteiger partial charge on any atom is 0.252 e. The zero-order valence-corrected chi connectivity index (χ0v) is 18.9. The van der Waals surface area contributed by atoms with Crippen LogP contribution in [-0.4, -0.2) is 62.4 Å². The first-order chi connectivity index (χ1) is 15.2. The van der Waals surface area contributed by atoms with Crippen molar-refractivity contribution in [2.45, 2.75) is 19.9 Å². The summed E-state index contributed by atoms with van der Waals surface area (Å²) in [5, 5.41) is 5.51. The number of carbonyl (C=O) groups is 3. The molecule has 3 amide bonds. The molecule has 0 aromatic heterocycles. The summed E-state index contributed by atoms with van der Waals surface area (Å²) in [5.74, 6) is -1.15. The minimum absolute atomic E-state index is 0.158. The summed E-state index contributed by atoms with van der Waals surface area (Å²) in [7, 11) is 2.11. The predicted octanol–water partition coefficient (Wildman–Crippen LogP) is 1.45. The van der Waals surface area contributed by atoms with Gasteiger partial charge in [0.25, 0.3) is 11.8 Å². The average molecular weight is 438 g/mol. The Morgan fingerprint density at radius 3 is 2.44 bits per heavy atom. The van der Waals surface area contributed by atoms with Crippen molar-refractivity contribution in [3.05, 3.63) is 64.7 Å². The first-order valence-corrected chi connectivity index (χ1v) is 10.8. The number of anilines is 1. The van der Waals surface area contributed by atoms with E-state index in [-0.39, 0.29) is 24.4 Å². The molecule has 1 heterocycles. The van der Waals surface area contributed by atoms with Gasteiger partial charge >= 0.3 is 0 Å². The van der Waals surface area contributed by atoms with Gasteiger partial charge in [0.15, 0.2) is 0 Å². The summed E-state index contributed by atoms with van der Waals surface area (Å²) in [5.41, 5.74) is 8.87. The van der Waals surface area contributed by atoms with E-state index in [2.05, 4.69) is 33.5 Å². The average Bonchev–Trinajstić information content (AvgIpc) is 2.78. The number of hydrogen-bond donors (Lipinski definition) is 3. The normalized spacial score (nSPS) is 15.2. The Morgan fingerprint density at radius 2 is 1.75 bits per heavy atom. The van der Waals surface area contributed by atoms with Crippen molar-refractivity contribution < 1.29 is 14.4 Å². The molecule has 2 aromatic rings. The molecule has 1 aliphatic rings. The fraction of sp³-hybridized carbons (Fsp3) is 0.375. The molecule has 4 N–H and O–H groups in total. The van der Waals surface area contributed by atoms with Crippen molar-refractivity contribution in [1.29, 1.82) is 0 Å². The largest absolute Gasteiger partial charge is 0.369 e. The SMILES string of the molecule is Cc1ccc(N2CCN(C)CC2)cc1C(=O)N[C@H](C)c1cccc(C(=O)NCC(N)=O)c1. The van der Waals surface area contributed by atoms with Crippen molar-refractivity contribution in [3.8, 4) is 0 Å². The second-order valence-corrected chi connectivity index (χ2v) is 8.26. The number of nitrogens with one attached hydrogen (secondary N) is 2. The smallest absolute Gasteiger partial charge is 0.252 e. The Morgan fingerprint density at radius 1 is 1.03 bits per heavy atom. The lowest BCUT2D eigenvalue weighted by Gasteiger charge is -2.34. The van der Waals surface area contributed by atoms with Gasteiger partial charge in [-0.1, -0.05) is 18.2 Å². The number of likely N-dealkylation sites (N-methyl/N-ethyl adjacent to an activating group) is 1. The number of carbonyl (C=O) groups excluding carboxylic acids is 3. The molecule has 0 aliphatic carbocycles. The molecule has 32 heavy (non-hydrogen) atoms. The lowest BCUT2D eigenvalue weighted by molar-refractivity contribution is -0.117. The van der Waals surface area contributed by atoms with Gasteiger partial charge in [0, 0.05) is 43.0 Å². The third-order valence-corrected chi connectivity index (χ3v) is 5.75. The van der Waals surface area contributed by atoms with Gasteiger partial charge < -0.3 is 26.2 Å². The molecule has 0 unspecified atom stereocenters. The highest BCUT2D eigenvalue weighted by Crippen LogP contribution is 2.22. The lowest BCUT2D eigenvalue weighted by atomic mass is 10.0. The molecule has 2 aromatic carbocycles. The number of rotatable bonds is 7. The van der Waals surface area contributed by atoms with Gasteiger partial charge in [0.1, 0.15) is 0 Å². The van der Waals surface area contributed by atoms with Crippen LogP contribution in [0, 0.1) is 6.92 Å². The Hall–Kier alpha value is -3.39. The van der Waals surface area contributed by atoms with E-state index in [1.807, 2.05) is 32.0 Å². The fourth-order valence-corrected chi connectivity index (χ4v) is 3.69. The van der Waals surface area contributed by atoms with Crippen LogP contribution in [-0.2, 0) is 4.79 Å². The van der Waals surface area contributed by atoms with Gasteiger partial charge in [-0.25, -0.2) is 0 Å². The van der Waals surface area contributed by atoms with Gasteiger partial charge in [0.2, 0.25) is 5.91 Å². The van der Waals surface area contributed by atoms with Crippen molar-refractivity contribution in [1.82, 2.24) is 15.5 Å². The number of hydrogen-bond acceptors (Lipinski definition) is 5. The summed E-state index contributed by atoms with van der Waals surface area (Å²) in [6, 6.07) is 12.6. The van der Waals surface area contributed by atoms with Crippen LogP contribution in [0.25, 0.3) is 0 Å². The van der Waals surface area contributed by atoms with E-state index in [9.17, 15) is 14.4 Å². The summed E-state index contributed by atoms with van der Waals surface area (Å²) in [6.45, 7) is 7.43. The van der Waals surface area contributed by atoms with Gasteiger partial charge in [-0.3, -0.25) is 14.4 Å². The minimum Gasteiger partial charge on any atom is -0.369 e. The van der Waals surface area contributed by atoms with Gasteiger partial charge in [0.05, 0.1) is 12.6 Å². The van der Waals surface area contributed by atoms with Crippen LogP contribution in [0.2, 0.25) is 0 Å². The third kappa shape index (κ3) is 5.85. The number of piperazine rings is 1. The number of nitrogens with two attached hydrogens (primary N) is 1. The Labute approximate surface area is 188 Å². The molecular formula is C24H31N5O3. The van der Waals surface area contributed by atoms with E-state index in [0.717, 1.165) is 43.0 Å². The van der Waals surface area contributed by atoms with Crippen LogP contribution < -0.4 is 21.3 Å². The van der Waals surface area contributed by atoms with E-state index in [1.165, 1.54) is 0 Å². The molecule has 1 fully saturated rings. The molecule has 8 nitrogen and oxygen atoms in total. The molecule has 1 atom stereocenters. The third-order valence-electron chi connectivity index (χ3n) is 5.75. The molecule has 1 saturated heterocycles. The van der Waals surface area contributed by atoms with Crippen LogP contribution in [0.1, 0.15) is 44.8 Å². The predicted molar refractivity (Wildman–Crippen MR) is 125 cm³/mol. The van der Waals surface area contributed by atoms with Crippen molar-refractivity contribution in [3.63, 3.8) is 0 Å². The van der Waals surface area contributed by atoms with E-state index in [1.54, 1.807) is 18.2 Å². The standard InChI is InChI=1S/C24H31N5O3/c1-16-7-8-20(29-11-9-28(3)10-12-29)14-21(16)24(32)27-17(2)18-5-4-6-19(13-18)23(31)26-15-22(25)30/h4-8,13-14,17H,9-12,15H2,1-3H3,(H2,25,30)(H,26,31)(H,27,32)/t17-/m1/s1. The highest BCUT2D eigenvalue weighted by Gasteiger charge is 2.19. The maximum atomic E-state index is 13.1. The molecule has 0 radical (unpaired) electrons. The lowest BCUT2D eigenvalue weighted by Crippen LogP contribution is -2.44. The highest BCUT2D eigenvalue weighted by molar-refractivity contribution is 5.97. The first kappa shape index (κ1) is 23.3. The zero-order chi connectivity index (χ0) is 23.3. The monoisotopic (exact) mass is 437 g/mol. The molecule has 8 heteroatoms. The highest BCUT2D eigenvalue weighted by atomic mass is 16.2. The van der Waals surface area contributed by atoms with Crippen molar-refractivity contribution in [2.24, 2.45) is 5.73 Å². The van der Waals surface area contributed by atoms with Crippen LogP contribution in [0.15, 0.2) is 42.5 Å². The van der Waals surface area contributed by atoms with E-state index in [4.69, 9.17) is 5.73 Å². The summed E-state index contributed by atoms with van der Waals surface area (Å²) in [6.07, 6.45) is 0. The van der Waals surface area contributed by atoms with Crippen LogP contribution in [0.3, 0.4) is 0 Å². The quantitative estimate of drug-likeness (QED) is 0.608. The zero-order valence-electron chi connectivity index (χ0n) is 18.9. The first-order valence-electron chi connectivity index (χ1n) is 10.8. The molecule has 0 spiro atoms. The molecule has 0 saturated carbocycles. The van der Waals surface area contributed by atoms with Crippen molar-refractivity contribution in [2.75, 3.05) is 44.7 Å². The second-order valence-electron chi connectivity index (χ2n) is 8.26. The number of amides is 3. The fourth-order valence-electron chi connectivity index (χ4n) is 3.69. The Kier molecular flexibility index (Phi) is 7.48. The number of primary amides is 1. The minimum atomic E-state index is -0.607. The Bertz CT molecular complexity index is 999. The summed E-state index contributed by atoms with van der Waals surface area (Å²) < 4.78 is 0. The van der Waals surface area contributed by atoms with Crippen molar-refractivity contribution >= 4 is 23.4 Å². The van der Waals surface area contributed by atoms with E-state index < -0.39 is 5.91 Å². The molecule has 170 valence electrons. The van der Waals surface area contributed by atoms with Crippen LogP contribution in [0.5, 0.6) is 0 Å². The summed E-state index contributed by atoms with van der Waals surface area (Å²) in [4.78, 5) is 40.8. The van der Waals surface area contributed by atoms with E-state index >= 15 is 0 Å². The maximum absolute atomic E-state index is 13.1. The topological polar surface area (TPSA) is 108 Å². The molecule has 3 rings (SSSR count). The number of nitrogens with zero attached hydrogens (tertiary/aromatic N) is 2. The Balaban J connectivity index is 1.70. The number of benzene rings is 2. The van der Waals surface area contributed by atoms with Gasteiger partial charge in [-0.05, 0) is 56.3 Å². The number of aryl methyl sites for hydroxylation is 1.